The third kappa shape index (κ3) is 11.9. The molecule has 0 aliphatic rings. The lowest BCUT2D eigenvalue weighted by molar-refractivity contribution is 0.0200. The summed E-state index contributed by atoms with van der Waals surface area (Å²) in [5.41, 5.74) is 4.23. The Hall–Kier alpha value is -0.810. The van der Waals surface area contributed by atoms with Gasteiger partial charge in [0.15, 0.2) is 0 Å². The summed E-state index contributed by atoms with van der Waals surface area (Å²) >= 11 is 0. The predicted molar refractivity (Wildman–Crippen MR) is 44.7 cm³/mol. The van der Waals surface area contributed by atoms with Crippen LogP contribution < -0.4 is 5.73 Å². The number of ether oxygens (including phenoxy) is 1. The number of carboxylic acid groups (broad SMARTS) is 1. The van der Waals surface area contributed by atoms with E-state index in [0.29, 0.717) is 0 Å². The van der Waals surface area contributed by atoms with Crippen molar-refractivity contribution in [1.29, 1.82) is 0 Å². The molecule has 0 amide bonds. The van der Waals surface area contributed by atoms with Gasteiger partial charge >= 0.3 is 6.16 Å². The Balaban J connectivity index is 0. The summed E-state index contributed by atoms with van der Waals surface area (Å²) in [5.74, 6) is 0.132. The largest absolute Gasteiger partial charge is 0.505 e. The lowest BCUT2D eigenvalue weighted by Crippen LogP contribution is -2.41. The summed E-state index contributed by atoms with van der Waals surface area (Å²) in [5, 5.41) is 16.4. The van der Waals surface area contributed by atoms with Crippen molar-refractivity contribution in [1.82, 2.24) is 0 Å². The predicted octanol–water partition coefficient (Wildman–Crippen LogP) is 0.620. The van der Waals surface area contributed by atoms with Gasteiger partial charge in [-0.05, 0) is 12.8 Å². The zero-order chi connectivity index (χ0) is 10.4. The van der Waals surface area contributed by atoms with Gasteiger partial charge in [0.05, 0.1) is 7.11 Å². The first-order valence-corrected chi connectivity index (χ1v) is 3.50. The molecule has 0 spiro atoms. The molecule has 0 fully saturated rings. The highest BCUT2D eigenvalue weighted by atomic mass is 16.6. The Kier molecular flexibility index (Phi) is 6.64. The van der Waals surface area contributed by atoms with Gasteiger partial charge in [-0.1, -0.05) is 13.8 Å². The normalized spacial score (nSPS) is 14.2. The van der Waals surface area contributed by atoms with Crippen LogP contribution in [0, 0.1) is 5.92 Å². The second-order valence-corrected chi connectivity index (χ2v) is 2.85. The zero-order valence-electron chi connectivity index (χ0n) is 7.87. The fraction of sp³-hybridized carbons (Fsp3) is 0.857. The molecule has 0 aliphatic heterocycles. The molecule has 0 heterocycles. The molecule has 0 saturated carbocycles. The molecule has 0 saturated heterocycles. The summed E-state index contributed by atoms with van der Waals surface area (Å²) in [6, 6.07) is 0. The Labute approximate surface area is 72.1 Å². The van der Waals surface area contributed by atoms with Crippen LogP contribution in [-0.2, 0) is 4.74 Å². The highest BCUT2D eigenvalue weighted by Gasteiger charge is 2.16. The molecule has 4 N–H and O–H groups in total. The summed E-state index contributed by atoms with van der Waals surface area (Å²) in [7, 11) is 1.10. The first kappa shape index (κ1) is 13.8. The second-order valence-electron chi connectivity index (χ2n) is 2.85. The van der Waals surface area contributed by atoms with Gasteiger partial charge in [0.1, 0.15) is 5.72 Å². The van der Waals surface area contributed by atoms with Crippen molar-refractivity contribution in [2.24, 2.45) is 11.7 Å². The van der Waals surface area contributed by atoms with Crippen molar-refractivity contribution >= 4 is 6.16 Å². The lowest BCUT2D eigenvalue weighted by Gasteiger charge is -2.20. The summed E-state index contributed by atoms with van der Waals surface area (Å²) in [6.45, 7) is 5.34. The van der Waals surface area contributed by atoms with Crippen LogP contribution in [0.25, 0.3) is 0 Å². The molecule has 0 aromatic heterocycles. The van der Waals surface area contributed by atoms with Crippen molar-refractivity contribution in [3.8, 4) is 0 Å². The van der Waals surface area contributed by atoms with Crippen molar-refractivity contribution in [3.05, 3.63) is 0 Å². The second kappa shape index (κ2) is 5.79. The molecule has 5 heteroatoms. The molecule has 74 valence electrons. The number of aliphatic hydroxyl groups is 1. The SMILES string of the molecule is CC(C)C(C)(N)O.COC(=O)O. The van der Waals surface area contributed by atoms with E-state index in [-0.39, 0.29) is 5.92 Å². The molecule has 12 heavy (non-hydrogen) atoms. The molecular weight excluding hydrogens is 162 g/mol. The van der Waals surface area contributed by atoms with Crippen LogP contribution in [-0.4, -0.2) is 29.2 Å². The molecule has 1 atom stereocenters. The van der Waals surface area contributed by atoms with Crippen LogP contribution in [0.2, 0.25) is 0 Å². The Morgan fingerprint density at radius 2 is 1.75 bits per heavy atom. The number of rotatable bonds is 1. The van der Waals surface area contributed by atoms with E-state index in [9.17, 15) is 0 Å². The molecule has 1 unspecified atom stereocenters. The van der Waals surface area contributed by atoms with Gasteiger partial charge < -0.3 is 20.7 Å². The molecular formula is C7H17NO4. The first-order valence-electron chi connectivity index (χ1n) is 3.50. The monoisotopic (exact) mass is 179 g/mol. The lowest BCUT2D eigenvalue weighted by atomic mass is 10.0. The Morgan fingerprint density at radius 3 is 1.75 bits per heavy atom. The van der Waals surface area contributed by atoms with Crippen LogP contribution in [0.4, 0.5) is 4.79 Å². The van der Waals surface area contributed by atoms with Gasteiger partial charge in [-0.15, -0.1) is 0 Å². The minimum Gasteiger partial charge on any atom is -0.450 e. The van der Waals surface area contributed by atoms with E-state index >= 15 is 0 Å². The number of nitrogens with two attached hydrogens (primary N) is 1. The smallest absolute Gasteiger partial charge is 0.450 e. The van der Waals surface area contributed by atoms with Crippen LogP contribution >= 0.6 is 0 Å². The molecule has 0 aromatic carbocycles. The minimum absolute atomic E-state index is 0.132. The zero-order valence-corrected chi connectivity index (χ0v) is 7.87. The van der Waals surface area contributed by atoms with Gasteiger partial charge in [-0.25, -0.2) is 4.79 Å². The highest BCUT2D eigenvalue weighted by molar-refractivity contribution is 5.56. The molecule has 0 radical (unpaired) electrons. The van der Waals surface area contributed by atoms with Crippen molar-refractivity contribution in [2.45, 2.75) is 26.5 Å². The van der Waals surface area contributed by atoms with E-state index in [1.165, 1.54) is 0 Å². The van der Waals surface area contributed by atoms with Gasteiger partial charge in [0.2, 0.25) is 0 Å². The van der Waals surface area contributed by atoms with Gasteiger partial charge in [-0.2, -0.15) is 0 Å². The van der Waals surface area contributed by atoms with Gasteiger partial charge in [-0.3, -0.25) is 0 Å². The average molecular weight is 179 g/mol. The molecule has 0 rings (SSSR count). The van der Waals surface area contributed by atoms with Gasteiger partial charge in [0, 0.05) is 0 Å². The summed E-state index contributed by atoms with van der Waals surface area (Å²) < 4.78 is 3.67. The van der Waals surface area contributed by atoms with Crippen molar-refractivity contribution in [3.63, 3.8) is 0 Å². The Morgan fingerprint density at radius 1 is 1.58 bits per heavy atom. The topological polar surface area (TPSA) is 92.8 Å². The molecule has 0 aliphatic carbocycles. The van der Waals surface area contributed by atoms with E-state index in [2.05, 4.69) is 4.74 Å². The maximum Gasteiger partial charge on any atom is 0.505 e. The average Bonchev–Trinajstić information content (AvgIpc) is 1.87. The van der Waals surface area contributed by atoms with E-state index in [4.69, 9.17) is 20.7 Å². The Bertz CT molecular complexity index is 128. The maximum atomic E-state index is 9.15. The first-order chi connectivity index (χ1) is 5.21. The van der Waals surface area contributed by atoms with E-state index in [1.54, 1.807) is 6.92 Å². The molecule has 5 nitrogen and oxygen atoms in total. The van der Waals surface area contributed by atoms with E-state index < -0.39 is 11.9 Å². The highest BCUT2D eigenvalue weighted by Crippen LogP contribution is 2.06. The standard InChI is InChI=1S/C5H13NO.C2H4O3/c1-4(2)5(3,6)7;1-5-2(3)4/h4,7H,6H2,1-3H3;1H3,(H,3,4). The molecule has 0 aromatic rings. The van der Waals surface area contributed by atoms with Crippen molar-refractivity contribution in [2.75, 3.05) is 7.11 Å². The van der Waals surface area contributed by atoms with Crippen molar-refractivity contribution < 1.29 is 19.7 Å². The third-order valence-corrected chi connectivity index (χ3v) is 1.34. The quantitative estimate of drug-likeness (QED) is 0.405. The number of methoxy groups -OCH3 is 1. The third-order valence-electron chi connectivity index (χ3n) is 1.34. The number of hydrogen-bond donors (Lipinski definition) is 3. The number of carbonyl (C=O) groups is 1. The minimum atomic E-state index is -1.25. The van der Waals surface area contributed by atoms with Crippen LogP contribution in [0.5, 0.6) is 0 Å². The van der Waals surface area contributed by atoms with E-state index in [1.807, 2.05) is 13.8 Å². The van der Waals surface area contributed by atoms with Crippen LogP contribution in [0.1, 0.15) is 20.8 Å². The maximum absolute atomic E-state index is 9.15. The fourth-order valence-electron chi connectivity index (χ4n) is 0. The number of hydrogen-bond acceptors (Lipinski definition) is 4. The fourth-order valence-corrected chi connectivity index (χ4v) is 0. The molecule has 0 bridgehead atoms. The van der Waals surface area contributed by atoms with Crippen LogP contribution in [0.3, 0.4) is 0 Å². The summed E-state index contributed by atoms with van der Waals surface area (Å²) in [6.07, 6.45) is -1.25. The van der Waals surface area contributed by atoms with E-state index in [0.717, 1.165) is 7.11 Å². The van der Waals surface area contributed by atoms with Gasteiger partial charge in [0.25, 0.3) is 0 Å². The van der Waals surface area contributed by atoms with Crippen LogP contribution in [0.15, 0.2) is 0 Å². The summed E-state index contributed by atoms with van der Waals surface area (Å²) in [4.78, 5) is 9.15.